The Balaban J connectivity index is 0.000000169. The molecule has 4 aromatic heterocycles. The Morgan fingerprint density at radius 3 is 0.939 bits per heavy atom. The van der Waals surface area contributed by atoms with E-state index < -0.39 is 0 Å². The highest BCUT2D eigenvalue weighted by Crippen LogP contribution is 2.36. The van der Waals surface area contributed by atoms with Crippen molar-refractivity contribution in [2.45, 2.75) is 133 Å². The van der Waals surface area contributed by atoms with Crippen LogP contribution in [0.15, 0.2) is 267 Å². The fourth-order valence-electron chi connectivity index (χ4n) is 14.1. The molecule has 0 aliphatic heterocycles. The third-order valence-corrected chi connectivity index (χ3v) is 22.1. The molecule has 1 unspecified atom stereocenters. The molecule has 0 fully saturated rings. The average Bonchev–Trinajstić information content (AvgIpc) is 0.808. The predicted molar refractivity (Wildman–Crippen MR) is 527 cm³/mol. The maximum atomic E-state index is 13.1. The molecule has 14 aromatic rings. The van der Waals surface area contributed by atoms with Crippen molar-refractivity contribution in [1.82, 2.24) is 61.1 Å². The van der Waals surface area contributed by atoms with Crippen LogP contribution >= 0.6 is 46.4 Å². The highest BCUT2D eigenvalue weighted by molar-refractivity contribution is 6.31. The zero-order valence-corrected chi connectivity index (χ0v) is 78.9. The van der Waals surface area contributed by atoms with Crippen molar-refractivity contribution >= 4 is 70.0 Å². The first-order valence-electron chi connectivity index (χ1n) is 43.5. The van der Waals surface area contributed by atoms with Crippen LogP contribution in [0, 0.1) is 53.4 Å². The molecule has 674 valence electrons. The van der Waals surface area contributed by atoms with Gasteiger partial charge in [0.25, 0.3) is 23.6 Å². The molecule has 131 heavy (non-hydrogen) atoms. The summed E-state index contributed by atoms with van der Waals surface area (Å²) in [4.78, 5) is 89.1. The van der Waals surface area contributed by atoms with Gasteiger partial charge in [-0.05, 0) is 145 Å². The van der Waals surface area contributed by atoms with Crippen molar-refractivity contribution < 1.29 is 38.5 Å². The van der Waals surface area contributed by atoms with Crippen LogP contribution in [0.5, 0.6) is 5.75 Å². The second-order valence-corrected chi connectivity index (χ2v) is 34.8. The quantitative estimate of drug-likeness (QED) is 0.0270. The van der Waals surface area contributed by atoms with E-state index >= 15 is 0 Å². The predicted octanol–water partition coefficient (Wildman–Crippen LogP) is 23.6. The first kappa shape index (κ1) is 98.8. The Labute approximate surface area is 787 Å². The van der Waals surface area contributed by atoms with Gasteiger partial charge in [-0.25, -0.2) is 19.9 Å². The number of hydrogen-bond acceptors (Lipinski definition) is 16. The molecular formula is C107H110Cl4N12O8. The van der Waals surface area contributed by atoms with Gasteiger partial charge in [0.15, 0.2) is 0 Å². The molecule has 4 heterocycles. The van der Waals surface area contributed by atoms with Crippen molar-refractivity contribution in [2.24, 2.45) is 11.8 Å². The van der Waals surface area contributed by atoms with Gasteiger partial charge in [-0.2, -0.15) is 0 Å². The van der Waals surface area contributed by atoms with E-state index in [9.17, 15) is 24.3 Å². The molecule has 0 saturated carbocycles. The lowest BCUT2D eigenvalue weighted by Crippen LogP contribution is -2.39. The number of carbonyl (C=O) groups is 4. The average molecular weight is 1830 g/mol. The number of halogens is 4. The first-order valence-corrected chi connectivity index (χ1v) is 45.0. The molecule has 0 bridgehead atoms. The summed E-state index contributed by atoms with van der Waals surface area (Å²) in [5, 5.41) is 24.0. The standard InChI is InChI=1S/2C30H31N3O2.C24H25Cl2N3O2.C23H23Cl2N3O2/c1-19-9-13-24(14-10-19)27-28(25-15-11-20(2)12-16-25)33-26(17-31-27)30(34)32-23(5)18-35-29-21(3)7-6-8-22(29)4;1-4-26(20-35-19-23-8-6-5-7-9-23)32-30(34)27-18-31-28(24-14-10-21(2)11-15-24)29(33-27)25-16-12-22(3)13-17-25;1-15(2)12-20(14-31-3)28-24(30)21-13-27-22(16-4-8-18(25)9-5-16)23(29-21)17-6-10-19(26)11-7-17;1-14(2)11-19(13-29)27-23(30)20-12-26-21(15-3-7-17(24)8-4-15)22(28-20)16-5-9-18(25)10-6-16/h6-17,23H,18H2,1-5H3,(H,32,34);5-18,26H,4,19-20H2,1-3H3,(H,32,34);4-11,13,15,20H,12,14H2,1-3H3,(H,28,30);3-10,12,14,19,29H,11,13H2,1-2H3,(H,27,30)/t;26-;20-;19-/m.111/s1. The summed E-state index contributed by atoms with van der Waals surface area (Å²) in [5.74, 6) is 0.426. The van der Waals surface area contributed by atoms with Gasteiger partial charge >= 0.3 is 0 Å². The number of nitrogens with one attached hydrogen (secondary N) is 4. The van der Waals surface area contributed by atoms with Gasteiger partial charge in [-0.15, -0.1) is 0 Å². The van der Waals surface area contributed by atoms with Crippen molar-refractivity contribution in [3.63, 3.8) is 0 Å². The number of aliphatic hydroxyl groups excluding tert-OH is 1. The number of methoxy groups -OCH3 is 1. The number of para-hydroxylation sites is 1. The van der Waals surface area contributed by atoms with E-state index in [1.54, 1.807) is 68.0 Å². The molecule has 0 saturated heterocycles. The number of benzene rings is 10. The number of aromatic nitrogens is 8. The molecule has 4 amide bonds. The topological polar surface area (TPSA) is 267 Å². The van der Waals surface area contributed by atoms with E-state index in [2.05, 4.69) is 91.0 Å². The molecular weight excluding hydrogens is 1720 g/mol. The third-order valence-electron chi connectivity index (χ3n) is 21.1. The molecule has 4 atom stereocenters. The number of rotatable bonds is 31. The van der Waals surface area contributed by atoms with Gasteiger partial charge in [0.1, 0.15) is 35.1 Å². The largest absolute Gasteiger partial charge is 0.491 e. The van der Waals surface area contributed by atoms with Gasteiger partial charge < -0.3 is 40.6 Å². The van der Waals surface area contributed by atoms with E-state index in [1.807, 2.05) is 237 Å². The Morgan fingerprint density at radius 1 is 0.344 bits per heavy atom. The van der Waals surface area contributed by atoms with Crippen LogP contribution in [0.2, 0.25) is 20.1 Å². The third kappa shape index (κ3) is 29.1. The van der Waals surface area contributed by atoms with E-state index in [0.717, 1.165) is 102 Å². The van der Waals surface area contributed by atoms with Crippen LogP contribution in [0.3, 0.4) is 0 Å². The molecule has 10 aromatic carbocycles. The highest BCUT2D eigenvalue weighted by Gasteiger charge is 2.26. The fourth-order valence-corrected chi connectivity index (χ4v) is 14.6. The van der Waals surface area contributed by atoms with Gasteiger partial charge in [0.05, 0.1) is 121 Å². The summed E-state index contributed by atoms with van der Waals surface area (Å²) in [6.45, 7) is 26.1. The Bertz CT molecular complexity index is 6080. The van der Waals surface area contributed by atoms with Crippen molar-refractivity contribution in [3.05, 3.63) is 349 Å². The zero-order chi connectivity index (χ0) is 93.6. The normalized spacial score (nSPS) is 11.9. The minimum Gasteiger partial charge on any atom is -0.491 e. The van der Waals surface area contributed by atoms with Crippen LogP contribution in [-0.2, 0) is 16.1 Å². The maximum absolute atomic E-state index is 13.1. The SMILES string of the molecule is CC(C)C[C@H](CO)NC(=O)c1cnc(-c2ccc(Cl)cc2)c(-c2ccc(Cl)cc2)n1.CC[C@H](COCc1ccccc1)NC(=O)c1cnc(-c2ccc(C)cc2)c(-c2ccc(C)cc2)n1.COC[C@@H](CC(C)C)NC(=O)c1cnc(-c2ccc(Cl)cc2)c(-c2ccc(Cl)cc2)n1.Cc1ccc(-c2ncc(C(=O)NC(C)COc3c(C)cccc3C)nc2-c2ccc(C)cc2)cc1. The minimum absolute atomic E-state index is 0.103. The maximum Gasteiger partial charge on any atom is 0.271 e. The number of amides is 4. The van der Waals surface area contributed by atoms with Crippen molar-refractivity contribution in [3.8, 4) is 95.8 Å². The van der Waals surface area contributed by atoms with Gasteiger partial charge in [0, 0.05) is 71.7 Å². The monoisotopic (exact) mass is 1830 g/mol. The second-order valence-electron chi connectivity index (χ2n) is 33.0. The summed E-state index contributed by atoms with van der Waals surface area (Å²) >= 11 is 24.1. The second kappa shape index (κ2) is 48.8. The zero-order valence-electron chi connectivity index (χ0n) is 75.9. The Kier molecular flexibility index (Phi) is 36.8. The van der Waals surface area contributed by atoms with E-state index in [4.69, 9.17) is 70.6 Å². The van der Waals surface area contributed by atoms with Crippen molar-refractivity contribution in [2.75, 3.05) is 33.5 Å². The van der Waals surface area contributed by atoms with Gasteiger partial charge in [0.2, 0.25) is 0 Å². The fraction of sp³-hybridized carbons (Fsp3) is 0.252. The van der Waals surface area contributed by atoms with Crippen LogP contribution in [0.4, 0.5) is 0 Å². The Morgan fingerprint density at radius 2 is 0.634 bits per heavy atom. The number of hydrogen-bond donors (Lipinski definition) is 5. The lowest BCUT2D eigenvalue weighted by Gasteiger charge is -2.20. The Hall–Kier alpha value is -12.8. The summed E-state index contributed by atoms with van der Waals surface area (Å²) in [5.41, 5.74) is 21.3. The van der Waals surface area contributed by atoms with Gasteiger partial charge in [-0.1, -0.05) is 297 Å². The molecule has 5 N–H and O–H groups in total. The van der Waals surface area contributed by atoms with Crippen LogP contribution < -0.4 is 26.0 Å². The molecule has 0 spiro atoms. The van der Waals surface area contributed by atoms with Crippen LogP contribution in [0.1, 0.15) is 142 Å². The summed E-state index contributed by atoms with van der Waals surface area (Å²) < 4.78 is 17.1. The number of aryl methyl sites for hydroxylation is 6. The van der Waals surface area contributed by atoms with Crippen molar-refractivity contribution in [1.29, 1.82) is 0 Å². The van der Waals surface area contributed by atoms with Crippen LogP contribution in [0.25, 0.3) is 90.1 Å². The van der Waals surface area contributed by atoms with E-state index in [1.165, 1.54) is 23.5 Å². The lowest BCUT2D eigenvalue weighted by atomic mass is 10.0. The number of nitrogens with zero attached hydrogens (tertiary/aromatic N) is 8. The number of ether oxygens (including phenoxy) is 3. The van der Waals surface area contributed by atoms with E-state index in [0.29, 0.717) is 98.9 Å². The summed E-state index contributed by atoms with van der Waals surface area (Å²) in [6, 6.07) is 77.0. The number of carbonyl (C=O) groups excluding carboxylic acids is 4. The first-order chi connectivity index (χ1) is 63.1. The van der Waals surface area contributed by atoms with Gasteiger partial charge in [-0.3, -0.25) is 39.1 Å². The molecule has 0 aliphatic carbocycles. The molecule has 14 rings (SSSR count). The minimum atomic E-state index is -0.375. The molecule has 0 radical (unpaired) electrons. The highest BCUT2D eigenvalue weighted by atomic mass is 35.5. The molecule has 24 heteroatoms. The number of aliphatic hydroxyl groups is 1. The molecule has 20 nitrogen and oxygen atoms in total. The smallest absolute Gasteiger partial charge is 0.271 e. The molecule has 0 aliphatic rings. The lowest BCUT2D eigenvalue weighted by molar-refractivity contribution is 0.0787. The summed E-state index contributed by atoms with van der Waals surface area (Å²) in [7, 11) is 1.62. The van der Waals surface area contributed by atoms with Crippen LogP contribution in [-0.4, -0.2) is 126 Å². The summed E-state index contributed by atoms with van der Waals surface area (Å²) in [6.07, 6.45) is 8.27. The van der Waals surface area contributed by atoms with E-state index in [-0.39, 0.29) is 77.2 Å².